The van der Waals surface area contributed by atoms with Crippen molar-refractivity contribution in [2.75, 3.05) is 32.8 Å². The molecule has 24 heavy (non-hydrogen) atoms. The van der Waals surface area contributed by atoms with Gasteiger partial charge in [-0.1, -0.05) is 31.2 Å². The predicted octanol–water partition coefficient (Wildman–Crippen LogP) is 3.37. The Labute approximate surface area is 141 Å². The first-order chi connectivity index (χ1) is 11.8. The van der Waals surface area contributed by atoms with Crippen LogP contribution < -0.4 is 14.2 Å². The van der Waals surface area contributed by atoms with Crippen molar-refractivity contribution in [3.05, 3.63) is 54.3 Å². The third kappa shape index (κ3) is 4.17. The molecule has 0 amide bonds. The zero-order valence-electron chi connectivity index (χ0n) is 13.8. The fourth-order valence-electron chi connectivity index (χ4n) is 2.67. The summed E-state index contributed by atoms with van der Waals surface area (Å²) < 4.78 is 30.8. The molecule has 4 nitrogen and oxygen atoms in total. The normalized spacial score (nSPS) is 16.2. The minimum atomic E-state index is -0.332. The summed E-state index contributed by atoms with van der Waals surface area (Å²) in [7, 11) is 0. The van der Waals surface area contributed by atoms with Gasteiger partial charge in [-0.15, -0.1) is 0 Å². The number of para-hydroxylation sites is 3. The van der Waals surface area contributed by atoms with E-state index in [4.69, 9.17) is 14.2 Å². The van der Waals surface area contributed by atoms with E-state index in [2.05, 4.69) is 11.8 Å². The van der Waals surface area contributed by atoms with Gasteiger partial charge >= 0.3 is 0 Å². The van der Waals surface area contributed by atoms with E-state index in [-0.39, 0.29) is 11.9 Å². The van der Waals surface area contributed by atoms with E-state index in [1.165, 1.54) is 6.07 Å². The van der Waals surface area contributed by atoms with Crippen molar-refractivity contribution in [2.24, 2.45) is 0 Å². The second-order valence-corrected chi connectivity index (χ2v) is 5.67. The molecule has 0 radical (unpaired) electrons. The highest BCUT2D eigenvalue weighted by atomic mass is 19.1. The van der Waals surface area contributed by atoms with Crippen LogP contribution in [0.5, 0.6) is 17.2 Å². The SMILES string of the molecule is CCN(CCOc1ccccc1F)CC1COc2ccccc2O1. The molecular weight excluding hydrogens is 309 g/mol. The topological polar surface area (TPSA) is 30.9 Å². The zero-order valence-corrected chi connectivity index (χ0v) is 13.8. The van der Waals surface area contributed by atoms with E-state index in [0.717, 1.165) is 24.6 Å². The molecule has 0 N–H and O–H groups in total. The van der Waals surface area contributed by atoms with Crippen molar-refractivity contribution < 1.29 is 18.6 Å². The lowest BCUT2D eigenvalue weighted by molar-refractivity contribution is 0.0561. The fourth-order valence-corrected chi connectivity index (χ4v) is 2.67. The molecule has 1 aliphatic heterocycles. The molecule has 0 saturated heterocycles. The number of likely N-dealkylation sites (N-methyl/N-ethyl adjacent to an activating group) is 1. The van der Waals surface area contributed by atoms with Gasteiger partial charge in [0.15, 0.2) is 23.1 Å². The standard InChI is InChI=1S/C19H22FNO3/c1-2-21(11-12-22-17-8-4-3-7-16(17)20)13-15-14-23-18-9-5-6-10-19(18)24-15/h3-10,15H,2,11-14H2,1H3. The molecule has 1 atom stereocenters. The second kappa shape index (κ2) is 8.02. The third-order valence-corrected chi connectivity index (χ3v) is 3.98. The van der Waals surface area contributed by atoms with Gasteiger partial charge in [-0.2, -0.15) is 0 Å². The molecule has 1 heterocycles. The number of nitrogens with zero attached hydrogens (tertiary/aromatic N) is 1. The Kier molecular flexibility index (Phi) is 5.54. The predicted molar refractivity (Wildman–Crippen MR) is 90.4 cm³/mol. The number of rotatable bonds is 7. The van der Waals surface area contributed by atoms with E-state index < -0.39 is 0 Å². The third-order valence-electron chi connectivity index (χ3n) is 3.98. The Hall–Kier alpha value is -2.27. The van der Waals surface area contributed by atoms with Crippen LogP contribution in [0.15, 0.2) is 48.5 Å². The van der Waals surface area contributed by atoms with Gasteiger partial charge in [0.25, 0.3) is 0 Å². The van der Waals surface area contributed by atoms with Gasteiger partial charge in [0.2, 0.25) is 0 Å². The minimum absolute atomic E-state index is 0.0201. The van der Waals surface area contributed by atoms with Crippen molar-refractivity contribution in [2.45, 2.75) is 13.0 Å². The first-order valence-corrected chi connectivity index (χ1v) is 8.24. The van der Waals surface area contributed by atoms with E-state index in [1.807, 2.05) is 24.3 Å². The van der Waals surface area contributed by atoms with Crippen molar-refractivity contribution in [1.82, 2.24) is 4.90 Å². The Morgan fingerprint density at radius 1 is 1.12 bits per heavy atom. The van der Waals surface area contributed by atoms with Crippen LogP contribution in [0.3, 0.4) is 0 Å². The number of hydrogen-bond acceptors (Lipinski definition) is 4. The highest BCUT2D eigenvalue weighted by Gasteiger charge is 2.22. The first-order valence-electron chi connectivity index (χ1n) is 8.24. The molecule has 0 aliphatic carbocycles. The number of halogens is 1. The summed E-state index contributed by atoms with van der Waals surface area (Å²) in [5.41, 5.74) is 0. The summed E-state index contributed by atoms with van der Waals surface area (Å²) >= 11 is 0. The monoisotopic (exact) mass is 331 g/mol. The summed E-state index contributed by atoms with van der Waals surface area (Å²) in [4.78, 5) is 2.21. The van der Waals surface area contributed by atoms with Crippen LogP contribution in [0.4, 0.5) is 4.39 Å². The quantitative estimate of drug-likeness (QED) is 0.778. The summed E-state index contributed by atoms with van der Waals surface area (Å²) in [6, 6.07) is 14.1. The van der Waals surface area contributed by atoms with Gasteiger partial charge in [0, 0.05) is 13.1 Å². The Morgan fingerprint density at radius 2 is 1.88 bits per heavy atom. The van der Waals surface area contributed by atoms with E-state index in [0.29, 0.717) is 25.5 Å². The van der Waals surface area contributed by atoms with Gasteiger partial charge in [-0.25, -0.2) is 4.39 Å². The summed E-state index contributed by atoms with van der Waals surface area (Å²) in [6.45, 7) is 5.35. The zero-order chi connectivity index (χ0) is 16.8. The summed E-state index contributed by atoms with van der Waals surface area (Å²) in [6.07, 6.45) is -0.0201. The van der Waals surface area contributed by atoms with Crippen LogP contribution in [0.25, 0.3) is 0 Å². The minimum Gasteiger partial charge on any atom is -0.489 e. The number of benzene rings is 2. The molecule has 2 aromatic rings. The molecule has 0 bridgehead atoms. The van der Waals surface area contributed by atoms with Crippen LogP contribution in [-0.4, -0.2) is 43.9 Å². The molecular formula is C19H22FNO3. The lowest BCUT2D eigenvalue weighted by Gasteiger charge is -2.30. The maximum Gasteiger partial charge on any atom is 0.165 e. The van der Waals surface area contributed by atoms with Crippen LogP contribution in [0.2, 0.25) is 0 Å². The molecule has 0 saturated carbocycles. The molecule has 128 valence electrons. The molecule has 2 aromatic carbocycles. The van der Waals surface area contributed by atoms with Crippen molar-refractivity contribution in [3.8, 4) is 17.2 Å². The molecule has 1 unspecified atom stereocenters. The van der Waals surface area contributed by atoms with E-state index in [9.17, 15) is 4.39 Å². The summed E-state index contributed by atoms with van der Waals surface area (Å²) in [5, 5.41) is 0. The lowest BCUT2D eigenvalue weighted by atomic mass is 10.2. The van der Waals surface area contributed by atoms with E-state index >= 15 is 0 Å². The average Bonchev–Trinajstić information content (AvgIpc) is 2.62. The van der Waals surface area contributed by atoms with Crippen molar-refractivity contribution >= 4 is 0 Å². The van der Waals surface area contributed by atoms with Gasteiger partial charge in [0.05, 0.1) is 0 Å². The highest BCUT2D eigenvalue weighted by molar-refractivity contribution is 5.40. The first kappa shape index (κ1) is 16.6. The maximum atomic E-state index is 13.5. The molecule has 0 fully saturated rings. The molecule has 0 spiro atoms. The van der Waals surface area contributed by atoms with Crippen molar-refractivity contribution in [3.63, 3.8) is 0 Å². The van der Waals surface area contributed by atoms with Crippen LogP contribution in [-0.2, 0) is 0 Å². The van der Waals surface area contributed by atoms with E-state index in [1.54, 1.807) is 18.2 Å². The number of fused-ring (bicyclic) bond motifs is 1. The molecule has 0 aromatic heterocycles. The fraction of sp³-hybridized carbons (Fsp3) is 0.368. The summed E-state index contributed by atoms with van der Waals surface area (Å²) in [5.74, 6) is 1.54. The molecule has 5 heteroatoms. The Balaban J connectivity index is 1.48. The number of ether oxygens (including phenoxy) is 3. The van der Waals surface area contributed by atoms with Crippen LogP contribution in [0.1, 0.15) is 6.92 Å². The van der Waals surface area contributed by atoms with Crippen LogP contribution in [0, 0.1) is 5.82 Å². The Morgan fingerprint density at radius 3 is 2.67 bits per heavy atom. The number of hydrogen-bond donors (Lipinski definition) is 0. The van der Waals surface area contributed by atoms with Gasteiger partial charge in [0.1, 0.15) is 19.3 Å². The smallest absolute Gasteiger partial charge is 0.165 e. The molecule has 1 aliphatic rings. The highest BCUT2D eigenvalue weighted by Crippen LogP contribution is 2.31. The molecule has 3 rings (SSSR count). The Bertz CT molecular complexity index is 665. The van der Waals surface area contributed by atoms with Crippen LogP contribution >= 0.6 is 0 Å². The van der Waals surface area contributed by atoms with Crippen molar-refractivity contribution in [1.29, 1.82) is 0 Å². The largest absolute Gasteiger partial charge is 0.489 e. The lowest BCUT2D eigenvalue weighted by Crippen LogP contribution is -2.42. The van der Waals surface area contributed by atoms with Gasteiger partial charge in [-0.3, -0.25) is 4.90 Å². The van der Waals surface area contributed by atoms with Gasteiger partial charge < -0.3 is 14.2 Å². The maximum absolute atomic E-state index is 13.5. The van der Waals surface area contributed by atoms with Gasteiger partial charge in [-0.05, 0) is 30.8 Å². The average molecular weight is 331 g/mol. The second-order valence-electron chi connectivity index (χ2n) is 5.67.